The standard InChI is InChI=1S/C16H19NO/c1-11-6-7-15(12(2)8-11)16(18)14-5-3-4-13(9-14)10-17/h3-9,16,18H,10,17H2,1-2H3. The summed E-state index contributed by atoms with van der Waals surface area (Å²) in [5.41, 5.74) is 10.8. The number of hydrogen-bond acceptors (Lipinski definition) is 2. The van der Waals surface area contributed by atoms with E-state index >= 15 is 0 Å². The van der Waals surface area contributed by atoms with Crippen molar-refractivity contribution in [1.82, 2.24) is 0 Å². The number of benzene rings is 2. The minimum atomic E-state index is -0.586. The Bertz CT molecular complexity index is 549. The third kappa shape index (κ3) is 2.61. The van der Waals surface area contributed by atoms with E-state index < -0.39 is 6.10 Å². The molecule has 0 aliphatic rings. The summed E-state index contributed by atoms with van der Waals surface area (Å²) in [5, 5.41) is 10.4. The van der Waals surface area contributed by atoms with Crippen molar-refractivity contribution in [2.75, 3.05) is 0 Å². The van der Waals surface area contributed by atoms with Crippen LogP contribution in [0.25, 0.3) is 0 Å². The van der Waals surface area contributed by atoms with Crippen molar-refractivity contribution >= 4 is 0 Å². The Kier molecular flexibility index (Phi) is 3.80. The van der Waals surface area contributed by atoms with Gasteiger partial charge < -0.3 is 10.8 Å². The van der Waals surface area contributed by atoms with Crippen LogP contribution in [0.1, 0.15) is 33.9 Å². The molecule has 0 spiro atoms. The maximum absolute atomic E-state index is 10.4. The monoisotopic (exact) mass is 241 g/mol. The minimum absolute atomic E-state index is 0.493. The van der Waals surface area contributed by atoms with E-state index in [1.165, 1.54) is 5.56 Å². The van der Waals surface area contributed by atoms with Crippen LogP contribution in [-0.2, 0) is 6.54 Å². The molecule has 0 saturated heterocycles. The van der Waals surface area contributed by atoms with Gasteiger partial charge in [-0.2, -0.15) is 0 Å². The minimum Gasteiger partial charge on any atom is -0.384 e. The Morgan fingerprint density at radius 2 is 1.89 bits per heavy atom. The lowest BCUT2D eigenvalue weighted by Gasteiger charge is -2.15. The molecule has 0 fully saturated rings. The fourth-order valence-corrected chi connectivity index (χ4v) is 2.20. The van der Waals surface area contributed by atoms with Gasteiger partial charge in [0.05, 0.1) is 0 Å². The summed E-state index contributed by atoms with van der Waals surface area (Å²) in [4.78, 5) is 0. The molecule has 0 heterocycles. The normalized spacial score (nSPS) is 12.4. The summed E-state index contributed by atoms with van der Waals surface area (Å²) >= 11 is 0. The third-order valence-corrected chi connectivity index (χ3v) is 3.22. The summed E-state index contributed by atoms with van der Waals surface area (Å²) in [6.07, 6.45) is -0.586. The number of hydrogen-bond donors (Lipinski definition) is 2. The van der Waals surface area contributed by atoms with E-state index in [1.807, 2.05) is 43.3 Å². The summed E-state index contributed by atoms with van der Waals surface area (Å²) in [6.45, 7) is 4.57. The van der Waals surface area contributed by atoms with Gasteiger partial charge in [-0.3, -0.25) is 0 Å². The molecule has 0 bridgehead atoms. The van der Waals surface area contributed by atoms with E-state index in [2.05, 4.69) is 13.0 Å². The predicted molar refractivity (Wildman–Crippen MR) is 74.3 cm³/mol. The molecule has 0 radical (unpaired) electrons. The fraction of sp³-hybridized carbons (Fsp3) is 0.250. The van der Waals surface area contributed by atoms with Gasteiger partial charge in [-0.1, -0.05) is 48.0 Å². The number of aliphatic hydroxyl groups excluding tert-OH is 1. The van der Waals surface area contributed by atoms with Gasteiger partial charge in [-0.05, 0) is 36.1 Å². The number of rotatable bonds is 3. The first-order chi connectivity index (χ1) is 8.61. The van der Waals surface area contributed by atoms with Crippen LogP contribution in [0.4, 0.5) is 0 Å². The topological polar surface area (TPSA) is 46.2 Å². The molecular weight excluding hydrogens is 222 g/mol. The highest BCUT2D eigenvalue weighted by molar-refractivity contribution is 5.38. The zero-order valence-electron chi connectivity index (χ0n) is 10.9. The second-order valence-electron chi connectivity index (χ2n) is 4.71. The predicted octanol–water partition coefficient (Wildman–Crippen LogP) is 2.84. The van der Waals surface area contributed by atoms with Gasteiger partial charge in [0, 0.05) is 6.54 Å². The van der Waals surface area contributed by atoms with E-state index in [1.54, 1.807) is 0 Å². The molecule has 1 atom stereocenters. The van der Waals surface area contributed by atoms with Crippen molar-refractivity contribution in [2.24, 2.45) is 5.73 Å². The molecule has 1 unspecified atom stereocenters. The SMILES string of the molecule is Cc1ccc(C(O)c2cccc(CN)c2)c(C)c1. The highest BCUT2D eigenvalue weighted by Crippen LogP contribution is 2.25. The van der Waals surface area contributed by atoms with Crippen LogP contribution in [0, 0.1) is 13.8 Å². The Morgan fingerprint density at radius 1 is 1.11 bits per heavy atom. The van der Waals surface area contributed by atoms with Crippen LogP contribution < -0.4 is 5.73 Å². The molecule has 0 aliphatic heterocycles. The van der Waals surface area contributed by atoms with Gasteiger partial charge in [0.25, 0.3) is 0 Å². The number of nitrogens with two attached hydrogens (primary N) is 1. The lowest BCUT2D eigenvalue weighted by atomic mass is 9.95. The van der Waals surface area contributed by atoms with Crippen molar-refractivity contribution in [2.45, 2.75) is 26.5 Å². The fourth-order valence-electron chi connectivity index (χ4n) is 2.20. The molecule has 0 saturated carbocycles. The molecule has 0 amide bonds. The molecule has 94 valence electrons. The number of aryl methyl sites for hydroxylation is 2. The third-order valence-electron chi connectivity index (χ3n) is 3.22. The lowest BCUT2D eigenvalue weighted by Crippen LogP contribution is -2.04. The van der Waals surface area contributed by atoms with Gasteiger partial charge in [-0.25, -0.2) is 0 Å². The average Bonchev–Trinajstić information content (AvgIpc) is 2.38. The first kappa shape index (κ1) is 12.8. The Hall–Kier alpha value is -1.64. The molecule has 0 aliphatic carbocycles. The Morgan fingerprint density at radius 3 is 2.56 bits per heavy atom. The molecule has 2 aromatic carbocycles. The smallest absolute Gasteiger partial charge is 0.104 e. The highest BCUT2D eigenvalue weighted by atomic mass is 16.3. The average molecular weight is 241 g/mol. The summed E-state index contributed by atoms with van der Waals surface area (Å²) in [5.74, 6) is 0. The van der Waals surface area contributed by atoms with Crippen molar-refractivity contribution in [3.8, 4) is 0 Å². The molecule has 18 heavy (non-hydrogen) atoms. The Labute approximate surface area is 108 Å². The first-order valence-electron chi connectivity index (χ1n) is 6.16. The van der Waals surface area contributed by atoms with Crippen LogP contribution in [-0.4, -0.2) is 5.11 Å². The van der Waals surface area contributed by atoms with Gasteiger partial charge in [0.2, 0.25) is 0 Å². The highest BCUT2D eigenvalue weighted by Gasteiger charge is 2.12. The second kappa shape index (κ2) is 5.34. The van der Waals surface area contributed by atoms with E-state index in [9.17, 15) is 5.11 Å². The lowest BCUT2D eigenvalue weighted by molar-refractivity contribution is 0.219. The van der Waals surface area contributed by atoms with Gasteiger partial charge in [0.15, 0.2) is 0 Å². The van der Waals surface area contributed by atoms with Crippen LogP contribution in [0.3, 0.4) is 0 Å². The molecule has 2 nitrogen and oxygen atoms in total. The Balaban J connectivity index is 2.37. The first-order valence-corrected chi connectivity index (χ1v) is 6.16. The molecule has 3 N–H and O–H groups in total. The zero-order valence-corrected chi connectivity index (χ0v) is 10.9. The van der Waals surface area contributed by atoms with Crippen LogP contribution in [0.2, 0.25) is 0 Å². The number of aliphatic hydroxyl groups is 1. The molecular formula is C16H19NO. The zero-order chi connectivity index (χ0) is 13.1. The molecule has 2 rings (SSSR count). The maximum atomic E-state index is 10.4. The van der Waals surface area contributed by atoms with E-state index in [-0.39, 0.29) is 0 Å². The molecule has 0 aromatic heterocycles. The molecule has 2 heteroatoms. The second-order valence-corrected chi connectivity index (χ2v) is 4.71. The van der Waals surface area contributed by atoms with Crippen LogP contribution in [0.15, 0.2) is 42.5 Å². The van der Waals surface area contributed by atoms with Crippen molar-refractivity contribution in [3.63, 3.8) is 0 Å². The van der Waals surface area contributed by atoms with E-state index in [0.717, 1.165) is 22.3 Å². The van der Waals surface area contributed by atoms with Crippen LogP contribution in [0.5, 0.6) is 0 Å². The van der Waals surface area contributed by atoms with E-state index in [0.29, 0.717) is 6.54 Å². The van der Waals surface area contributed by atoms with Gasteiger partial charge >= 0.3 is 0 Å². The summed E-state index contributed by atoms with van der Waals surface area (Å²) < 4.78 is 0. The maximum Gasteiger partial charge on any atom is 0.104 e. The van der Waals surface area contributed by atoms with Crippen molar-refractivity contribution in [1.29, 1.82) is 0 Å². The van der Waals surface area contributed by atoms with Crippen molar-refractivity contribution in [3.05, 3.63) is 70.3 Å². The van der Waals surface area contributed by atoms with E-state index in [4.69, 9.17) is 5.73 Å². The quantitative estimate of drug-likeness (QED) is 0.868. The van der Waals surface area contributed by atoms with Gasteiger partial charge in [0.1, 0.15) is 6.10 Å². The van der Waals surface area contributed by atoms with Crippen LogP contribution >= 0.6 is 0 Å². The largest absolute Gasteiger partial charge is 0.384 e. The summed E-state index contributed by atoms with van der Waals surface area (Å²) in [6, 6.07) is 13.9. The molecule has 2 aromatic rings. The van der Waals surface area contributed by atoms with Crippen molar-refractivity contribution < 1.29 is 5.11 Å². The summed E-state index contributed by atoms with van der Waals surface area (Å²) in [7, 11) is 0. The van der Waals surface area contributed by atoms with Gasteiger partial charge in [-0.15, -0.1) is 0 Å².